The van der Waals surface area contributed by atoms with E-state index in [0.717, 1.165) is 19.6 Å². The predicted octanol–water partition coefficient (Wildman–Crippen LogP) is 1.80. The first-order chi connectivity index (χ1) is 9.66. The Balaban J connectivity index is 1.87. The molecule has 2 rings (SSSR count). The summed E-state index contributed by atoms with van der Waals surface area (Å²) in [4.78, 5) is 18.8. The lowest BCUT2D eigenvalue weighted by Crippen LogP contribution is -2.35. The van der Waals surface area contributed by atoms with Crippen LogP contribution in [0.2, 0.25) is 0 Å². The van der Waals surface area contributed by atoms with Crippen molar-refractivity contribution in [3.8, 4) is 0 Å². The van der Waals surface area contributed by atoms with E-state index in [-0.39, 0.29) is 5.56 Å². The van der Waals surface area contributed by atoms with Crippen LogP contribution in [0.25, 0.3) is 0 Å². The van der Waals surface area contributed by atoms with Gasteiger partial charge < -0.3 is 14.8 Å². The zero-order valence-corrected chi connectivity index (χ0v) is 12.6. The highest BCUT2D eigenvalue weighted by Gasteiger charge is 2.10. The van der Waals surface area contributed by atoms with Crippen LogP contribution in [0.1, 0.15) is 33.1 Å². The van der Waals surface area contributed by atoms with Crippen molar-refractivity contribution in [2.45, 2.75) is 39.7 Å². The van der Waals surface area contributed by atoms with E-state index in [1.54, 1.807) is 17.0 Å². The molecule has 0 aromatic carbocycles. The summed E-state index contributed by atoms with van der Waals surface area (Å²) in [6.07, 6.45) is 7.41. The fourth-order valence-electron chi connectivity index (χ4n) is 2.62. The standard InChI is InChI=1S/C15H26N4O/c1-13(2)12-19-11-7-17-14(15(19)20)16-6-10-18-8-4-3-5-9-18/h7,11,13H,3-6,8-10,12H2,1-2H3,(H,16,17). The molecule has 5 heteroatoms. The molecule has 0 saturated carbocycles. The summed E-state index contributed by atoms with van der Waals surface area (Å²) in [7, 11) is 0. The van der Waals surface area contributed by atoms with Gasteiger partial charge in [0.25, 0.3) is 5.56 Å². The van der Waals surface area contributed by atoms with Gasteiger partial charge in [0, 0.05) is 32.0 Å². The predicted molar refractivity (Wildman–Crippen MR) is 82.1 cm³/mol. The van der Waals surface area contributed by atoms with Crippen LogP contribution < -0.4 is 10.9 Å². The minimum Gasteiger partial charge on any atom is -0.364 e. The Labute approximate surface area is 121 Å². The minimum absolute atomic E-state index is 0.0140. The van der Waals surface area contributed by atoms with Crippen LogP contribution in [-0.4, -0.2) is 40.6 Å². The molecule has 1 aliphatic heterocycles. The third-order valence-electron chi connectivity index (χ3n) is 3.64. The van der Waals surface area contributed by atoms with Gasteiger partial charge in [-0.15, -0.1) is 0 Å². The van der Waals surface area contributed by atoms with Gasteiger partial charge in [-0.3, -0.25) is 4.79 Å². The Kier molecular flexibility index (Phi) is 5.59. The topological polar surface area (TPSA) is 50.2 Å². The quantitative estimate of drug-likeness (QED) is 0.862. The number of piperidine rings is 1. The third-order valence-corrected chi connectivity index (χ3v) is 3.64. The fraction of sp³-hybridized carbons (Fsp3) is 0.733. The van der Waals surface area contributed by atoms with Crippen LogP contribution in [0.3, 0.4) is 0 Å². The molecular formula is C15H26N4O. The van der Waals surface area contributed by atoms with Crippen LogP contribution in [-0.2, 0) is 6.54 Å². The highest BCUT2D eigenvalue weighted by molar-refractivity contribution is 5.30. The summed E-state index contributed by atoms with van der Waals surface area (Å²) in [5.41, 5.74) is -0.0140. The summed E-state index contributed by atoms with van der Waals surface area (Å²) in [5, 5.41) is 3.19. The first-order valence-electron chi connectivity index (χ1n) is 7.68. The highest BCUT2D eigenvalue weighted by atomic mass is 16.1. The molecule has 1 aromatic heterocycles. The number of hydrogen-bond acceptors (Lipinski definition) is 4. The summed E-state index contributed by atoms with van der Waals surface area (Å²) in [5.74, 6) is 0.932. The Morgan fingerprint density at radius 1 is 1.30 bits per heavy atom. The van der Waals surface area contributed by atoms with E-state index in [1.807, 2.05) is 0 Å². The molecule has 1 aliphatic rings. The van der Waals surface area contributed by atoms with Crippen molar-refractivity contribution in [2.24, 2.45) is 5.92 Å². The summed E-state index contributed by atoms with van der Waals surface area (Å²) in [6, 6.07) is 0. The van der Waals surface area contributed by atoms with Gasteiger partial charge in [0.1, 0.15) is 0 Å². The normalized spacial score (nSPS) is 16.6. The maximum absolute atomic E-state index is 12.2. The molecule has 1 aromatic rings. The van der Waals surface area contributed by atoms with Gasteiger partial charge >= 0.3 is 0 Å². The Hall–Kier alpha value is -1.36. The van der Waals surface area contributed by atoms with Crippen LogP contribution in [0, 0.1) is 5.92 Å². The third kappa shape index (κ3) is 4.34. The van der Waals surface area contributed by atoms with Gasteiger partial charge in [-0.05, 0) is 31.8 Å². The molecule has 1 fully saturated rings. The molecular weight excluding hydrogens is 252 g/mol. The van der Waals surface area contributed by atoms with E-state index in [2.05, 4.69) is 29.0 Å². The molecule has 0 amide bonds. The smallest absolute Gasteiger partial charge is 0.293 e. The molecule has 5 nitrogen and oxygen atoms in total. The van der Waals surface area contributed by atoms with E-state index in [9.17, 15) is 4.79 Å². The maximum Gasteiger partial charge on any atom is 0.293 e. The zero-order valence-electron chi connectivity index (χ0n) is 12.6. The van der Waals surface area contributed by atoms with Gasteiger partial charge in [0.05, 0.1) is 0 Å². The number of anilines is 1. The van der Waals surface area contributed by atoms with Crippen LogP contribution in [0.15, 0.2) is 17.2 Å². The van der Waals surface area contributed by atoms with E-state index in [1.165, 1.54) is 32.4 Å². The molecule has 0 atom stereocenters. The molecule has 0 bridgehead atoms. The van der Waals surface area contributed by atoms with Gasteiger partial charge in [0.2, 0.25) is 0 Å². The number of aromatic nitrogens is 2. The lowest BCUT2D eigenvalue weighted by molar-refractivity contribution is 0.237. The van der Waals surface area contributed by atoms with Gasteiger partial charge in [-0.25, -0.2) is 4.98 Å². The summed E-state index contributed by atoms with van der Waals surface area (Å²) < 4.78 is 1.74. The van der Waals surface area contributed by atoms with Gasteiger partial charge in [0.15, 0.2) is 5.82 Å². The van der Waals surface area contributed by atoms with E-state index in [0.29, 0.717) is 11.7 Å². The van der Waals surface area contributed by atoms with Crippen molar-refractivity contribution < 1.29 is 0 Å². The lowest BCUT2D eigenvalue weighted by Gasteiger charge is -2.26. The molecule has 0 spiro atoms. The second-order valence-corrected chi connectivity index (χ2v) is 5.96. The number of nitrogens with one attached hydrogen (secondary N) is 1. The van der Waals surface area contributed by atoms with Crippen molar-refractivity contribution in [3.63, 3.8) is 0 Å². The van der Waals surface area contributed by atoms with E-state index < -0.39 is 0 Å². The average Bonchev–Trinajstić information content (AvgIpc) is 2.43. The minimum atomic E-state index is -0.0140. The molecule has 0 unspecified atom stereocenters. The number of likely N-dealkylation sites (tertiary alicyclic amines) is 1. The largest absolute Gasteiger partial charge is 0.364 e. The van der Waals surface area contributed by atoms with Crippen molar-refractivity contribution in [2.75, 3.05) is 31.5 Å². The zero-order chi connectivity index (χ0) is 14.4. The van der Waals surface area contributed by atoms with Crippen molar-refractivity contribution >= 4 is 5.82 Å². The van der Waals surface area contributed by atoms with Gasteiger partial charge in [-0.1, -0.05) is 20.3 Å². The monoisotopic (exact) mass is 278 g/mol. The summed E-state index contributed by atoms with van der Waals surface area (Å²) >= 11 is 0. The Morgan fingerprint density at radius 2 is 2.05 bits per heavy atom. The number of nitrogens with zero attached hydrogens (tertiary/aromatic N) is 3. The maximum atomic E-state index is 12.2. The molecule has 20 heavy (non-hydrogen) atoms. The van der Waals surface area contributed by atoms with Crippen molar-refractivity contribution in [3.05, 3.63) is 22.7 Å². The molecule has 1 saturated heterocycles. The van der Waals surface area contributed by atoms with Crippen LogP contribution in [0.4, 0.5) is 5.82 Å². The highest BCUT2D eigenvalue weighted by Crippen LogP contribution is 2.07. The molecule has 2 heterocycles. The number of rotatable bonds is 6. The fourth-order valence-corrected chi connectivity index (χ4v) is 2.62. The lowest BCUT2D eigenvalue weighted by atomic mass is 10.1. The van der Waals surface area contributed by atoms with Crippen LogP contribution in [0.5, 0.6) is 0 Å². The number of hydrogen-bond donors (Lipinski definition) is 1. The SMILES string of the molecule is CC(C)Cn1ccnc(NCCN2CCCCC2)c1=O. The Bertz CT molecular complexity index is 463. The molecule has 0 aliphatic carbocycles. The van der Waals surface area contributed by atoms with Crippen LogP contribution >= 0.6 is 0 Å². The molecule has 0 radical (unpaired) electrons. The average molecular weight is 278 g/mol. The van der Waals surface area contributed by atoms with E-state index >= 15 is 0 Å². The second-order valence-electron chi connectivity index (χ2n) is 5.96. The summed E-state index contributed by atoms with van der Waals surface area (Å²) in [6.45, 7) is 9.09. The van der Waals surface area contributed by atoms with E-state index in [4.69, 9.17) is 0 Å². The molecule has 112 valence electrons. The first-order valence-corrected chi connectivity index (χ1v) is 7.68. The Morgan fingerprint density at radius 3 is 2.75 bits per heavy atom. The second kappa shape index (κ2) is 7.43. The molecule has 1 N–H and O–H groups in total. The van der Waals surface area contributed by atoms with Gasteiger partial charge in [-0.2, -0.15) is 0 Å². The van der Waals surface area contributed by atoms with Crippen molar-refractivity contribution in [1.82, 2.24) is 14.5 Å². The van der Waals surface area contributed by atoms with Crippen molar-refractivity contribution in [1.29, 1.82) is 0 Å². The first kappa shape index (κ1) is 15.0.